The largest absolute Gasteiger partial charge is 0.455 e. The van der Waals surface area contributed by atoms with Crippen LogP contribution in [0.25, 0.3) is 43.4 Å². The Hall–Kier alpha value is -7.44. The van der Waals surface area contributed by atoms with Crippen molar-refractivity contribution in [2.45, 2.75) is 90.5 Å². The van der Waals surface area contributed by atoms with E-state index in [4.69, 9.17) is 45.1 Å². The van der Waals surface area contributed by atoms with E-state index in [-0.39, 0.29) is 60.0 Å². The number of Topliss-reactive ketones (excluding diaryl/α,β-unsaturated/α-hetero) is 1. The molecule has 7 N–H and O–H groups in total. The number of amides is 5. The Bertz CT molecular complexity index is 3680. The van der Waals surface area contributed by atoms with Crippen molar-refractivity contribution in [3.63, 3.8) is 0 Å². The van der Waals surface area contributed by atoms with Gasteiger partial charge in [-0.15, -0.1) is 68.0 Å². The Balaban J connectivity index is 1.14. The van der Waals surface area contributed by atoms with Gasteiger partial charge < -0.3 is 41.8 Å². The standard InChI is InChI=1S/C55H57N13O9S6/c1-26(2)31-18-37(70)43-27(3)82-54(67-43)33(19-41(72)57-5)60-48(74)35-23-78-50(62-35)30-15-16-32(52-65-39(25-81-52)64-40(71)14-10-11-17-56)59-44(30)34-22-79-53(61-34)36-24-80-55(63-36)46(47(77-28(4)69)29-12-8-7-9-13-29)66-42(73)20-58-49(75)45-38(21-76-6)83-51(31)68-45/h7-9,12-13,15-16,22-26,31,33,46-47H,10-11,14,17-21,56H2,1-6H3,(H,57,72)(H,58,75)(H,60,74)(H,64,71)(H,66,73)/t31-,33-,46-,47-/m0/s1. The lowest BCUT2D eigenvalue weighted by molar-refractivity contribution is -0.149. The first-order valence-electron chi connectivity index (χ1n) is 26.1. The number of hydrogen-bond acceptors (Lipinski definition) is 23. The van der Waals surface area contributed by atoms with Crippen molar-refractivity contribution >= 4 is 115 Å². The van der Waals surface area contributed by atoms with Gasteiger partial charge >= 0.3 is 5.97 Å². The number of nitrogens with zero attached hydrogens (tertiary/aromatic N) is 7. The zero-order valence-electron chi connectivity index (χ0n) is 45.7. The second kappa shape index (κ2) is 27.3. The van der Waals surface area contributed by atoms with Crippen LogP contribution >= 0.6 is 68.0 Å². The molecule has 432 valence electrons. The van der Waals surface area contributed by atoms with E-state index in [0.29, 0.717) is 105 Å². The second-order valence-corrected chi connectivity index (χ2v) is 25.1. The average molecular weight is 1240 g/mol. The van der Waals surface area contributed by atoms with E-state index in [9.17, 15) is 33.6 Å². The number of fused-ring (bicyclic) bond motifs is 14. The molecule has 0 fully saturated rings. The number of rotatable bonds is 14. The van der Waals surface area contributed by atoms with Crippen molar-refractivity contribution in [3.8, 4) is 43.4 Å². The molecule has 28 heteroatoms. The molecule has 4 atom stereocenters. The van der Waals surface area contributed by atoms with E-state index in [1.54, 1.807) is 64.8 Å². The molecule has 0 spiro atoms. The molecule has 8 aromatic rings. The summed E-state index contributed by atoms with van der Waals surface area (Å²) in [5, 5.41) is 23.6. The number of ketones is 1. The van der Waals surface area contributed by atoms with Crippen LogP contribution in [0.1, 0.15) is 139 Å². The minimum Gasteiger partial charge on any atom is -0.455 e. The van der Waals surface area contributed by atoms with E-state index in [1.165, 1.54) is 89.1 Å². The number of aryl methyl sites for hydroxylation is 1. The third kappa shape index (κ3) is 14.5. The molecule has 5 amide bonds. The predicted molar refractivity (Wildman–Crippen MR) is 319 cm³/mol. The van der Waals surface area contributed by atoms with Gasteiger partial charge in [-0.3, -0.25) is 33.6 Å². The van der Waals surface area contributed by atoms with Crippen LogP contribution in [-0.4, -0.2) is 103 Å². The number of anilines is 1. The number of carbonyl (C=O) groups is 7. The van der Waals surface area contributed by atoms with Gasteiger partial charge in [0.05, 0.1) is 41.2 Å². The monoisotopic (exact) mass is 1240 g/mol. The Morgan fingerprint density at radius 3 is 2.20 bits per heavy atom. The molecule has 8 heterocycles. The van der Waals surface area contributed by atoms with E-state index < -0.39 is 54.3 Å². The van der Waals surface area contributed by atoms with Crippen LogP contribution in [0, 0.1) is 12.8 Å². The molecule has 1 aliphatic rings. The molecule has 0 saturated heterocycles. The molecule has 1 aromatic carbocycles. The minimum absolute atomic E-state index is 0.0208. The van der Waals surface area contributed by atoms with Gasteiger partial charge in [0.2, 0.25) is 17.7 Å². The van der Waals surface area contributed by atoms with Crippen LogP contribution in [0.3, 0.4) is 0 Å². The summed E-state index contributed by atoms with van der Waals surface area (Å²) in [5.74, 6) is -3.62. The summed E-state index contributed by atoms with van der Waals surface area (Å²) in [5.41, 5.74) is 8.67. The molecular weight excluding hydrogens is 1180 g/mol. The highest BCUT2D eigenvalue weighted by Crippen LogP contribution is 2.41. The lowest BCUT2D eigenvalue weighted by Crippen LogP contribution is -2.41. The van der Waals surface area contributed by atoms with E-state index in [2.05, 4.69) is 31.6 Å². The molecule has 7 aromatic heterocycles. The third-order valence-corrected chi connectivity index (χ3v) is 18.8. The van der Waals surface area contributed by atoms with E-state index >= 15 is 0 Å². The maximum absolute atomic E-state index is 14.4. The number of unbranched alkanes of at least 4 members (excludes halogenated alkanes) is 1. The molecule has 10 bridgehead atoms. The fourth-order valence-electron chi connectivity index (χ4n) is 8.83. The van der Waals surface area contributed by atoms with Gasteiger partial charge in [-0.2, -0.15) is 0 Å². The number of pyridine rings is 1. The first-order valence-corrected chi connectivity index (χ1v) is 31.3. The quantitative estimate of drug-likeness (QED) is 0.0437. The number of nitrogens with one attached hydrogen (secondary N) is 5. The summed E-state index contributed by atoms with van der Waals surface area (Å²) >= 11 is 7.37. The van der Waals surface area contributed by atoms with Crippen molar-refractivity contribution in [2.75, 3.05) is 32.6 Å². The summed E-state index contributed by atoms with van der Waals surface area (Å²) in [6.07, 6.45) is 0.354. The SMILES string of the molecule is CNC(=O)C[C@@H]1NC(=O)c2csc(n2)-c2ccc(-c3nc(NC(=O)CCCCN)cs3)nc2-c2csc(n2)-c2csc(n2)[C@H]([C@@H](OC(C)=O)c2ccccc2)NC(=O)CNC(=O)c2nc(sc2COC)[C@H](C(C)C)CC(=O)c2nc1sc2C. The smallest absolute Gasteiger partial charge is 0.303 e. The Labute approximate surface area is 500 Å². The lowest BCUT2D eigenvalue weighted by atomic mass is 9.90. The number of esters is 1. The maximum Gasteiger partial charge on any atom is 0.303 e. The van der Waals surface area contributed by atoms with E-state index in [1.807, 2.05) is 19.9 Å². The first kappa shape index (κ1) is 60.2. The fourth-order valence-corrected chi connectivity index (χ4v) is 14.4. The summed E-state index contributed by atoms with van der Waals surface area (Å²) in [7, 11) is 2.97. The van der Waals surface area contributed by atoms with Gasteiger partial charge in [0.15, 0.2) is 11.9 Å². The highest BCUT2D eigenvalue weighted by Gasteiger charge is 2.35. The molecule has 0 radical (unpaired) electrons. The van der Waals surface area contributed by atoms with Crippen LogP contribution in [0.2, 0.25) is 0 Å². The molecule has 9 rings (SSSR count). The molecule has 1 aliphatic heterocycles. The van der Waals surface area contributed by atoms with Gasteiger partial charge in [0, 0.05) is 71.8 Å². The topological polar surface area (TPSA) is 314 Å². The molecule has 83 heavy (non-hydrogen) atoms. The number of thiazole rings is 6. The highest BCUT2D eigenvalue weighted by atomic mass is 32.1. The van der Waals surface area contributed by atoms with Crippen LogP contribution < -0.4 is 32.3 Å². The van der Waals surface area contributed by atoms with Crippen molar-refractivity contribution < 1.29 is 43.0 Å². The zero-order chi connectivity index (χ0) is 58.9. The van der Waals surface area contributed by atoms with Crippen LogP contribution in [0.15, 0.2) is 64.0 Å². The van der Waals surface area contributed by atoms with Crippen LogP contribution in [0.5, 0.6) is 0 Å². The number of benzene rings is 1. The summed E-state index contributed by atoms with van der Waals surface area (Å²) in [6, 6.07) is 10.5. The van der Waals surface area contributed by atoms with Gasteiger partial charge in [-0.1, -0.05) is 44.2 Å². The molecule has 0 unspecified atom stereocenters. The third-order valence-electron chi connectivity index (χ3n) is 13.0. The van der Waals surface area contributed by atoms with Crippen molar-refractivity contribution in [2.24, 2.45) is 11.7 Å². The molecular formula is C55H57N13O9S6. The first-order chi connectivity index (χ1) is 40.0. The maximum atomic E-state index is 14.4. The van der Waals surface area contributed by atoms with Crippen LogP contribution in [-0.2, 0) is 35.3 Å². The van der Waals surface area contributed by atoms with Gasteiger partial charge in [-0.25, -0.2) is 34.9 Å². The Morgan fingerprint density at radius 1 is 0.735 bits per heavy atom. The lowest BCUT2D eigenvalue weighted by Gasteiger charge is -2.26. The normalized spacial score (nSPS) is 16.4. The van der Waals surface area contributed by atoms with Gasteiger partial charge in [0.25, 0.3) is 11.8 Å². The summed E-state index contributed by atoms with van der Waals surface area (Å²) in [6.45, 7) is 6.90. The average Bonchev–Trinajstić information content (AvgIpc) is 4.52. The van der Waals surface area contributed by atoms with Gasteiger partial charge in [-0.05, 0) is 49.9 Å². The number of ether oxygens (including phenoxy) is 2. The van der Waals surface area contributed by atoms with Crippen molar-refractivity contribution in [1.82, 2.24) is 56.2 Å². The number of hydrogen-bond donors (Lipinski definition) is 6. The zero-order valence-corrected chi connectivity index (χ0v) is 50.6. The van der Waals surface area contributed by atoms with Crippen LogP contribution in [0.4, 0.5) is 5.82 Å². The number of aromatic nitrogens is 7. The van der Waals surface area contributed by atoms with Crippen molar-refractivity contribution in [3.05, 3.63) is 111 Å². The minimum atomic E-state index is -1.06. The number of carbonyl (C=O) groups excluding carboxylic acids is 7. The molecule has 0 saturated carbocycles. The number of nitrogens with two attached hydrogens (primary N) is 1. The highest BCUT2D eigenvalue weighted by molar-refractivity contribution is 7.15. The van der Waals surface area contributed by atoms with E-state index in [0.717, 1.165) is 0 Å². The Kier molecular flexibility index (Phi) is 19.8. The summed E-state index contributed by atoms with van der Waals surface area (Å²) in [4.78, 5) is 131. The fraction of sp³-hybridized carbons (Fsp3) is 0.345. The number of methoxy groups -OCH3 is 1. The predicted octanol–water partition coefficient (Wildman–Crippen LogP) is 8.84. The molecule has 0 aliphatic carbocycles. The Morgan fingerprint density at radius 2 is 1.46 bits per heavy atom. The van der Waals surface area contributed by atoms with Crippen molar-refractivity contribution in [1.29, 1.82) is 0 Å². The molecule has 22 nitrogen and oxygen atoms in total. The van der Waals surface area contributed by atoms with Gasteiger partial charge in [0.1, 0.15) is 71.1 Å². The summed E-state index contributed by atoms with van der Waals surface area (Å²) < 4.78 is 11.4. The second-order valence-electron chi connectivity index (χ2n) is 19.3.